The Bertz CT molecular complexity index is 632. The molecule has 100 valence electrons. The van der Waals surface area contributed by atoms with E-state index in [0.29, 0.717) is 29.1 Å². The van der Waals surface area contributed by atoms with Crippen LogP contribution in [0.4, 0.5) is 0 Å². The number of ketones is 2. The van der Waals surface area contributed by atoms with Crippen LogP contribution in [0, 0.1) is 0 Å². The number of rotatable bonds is 2. The number of carbonyl (C=O) groups is 2. The molecule has 0 saturated heterocycles. The molecule has 0 radical (unpaired) electrons. The van der Waals surface area contributed by atoms with Crippen molar-refractivity contribution >= 4 is 23.2 Å². The number of carbonyl (C=O) groups excluding carboxylic acids is 2. The summed E-state index contributed by atoms with van der Waals surface area (Å²) in [6.45, 7) is 0.694. The first-order chi connectivity index (χ1) is 9.72. The summed E-state index contributed by atoms with van der Waals surface area (Å²) in [4.78, 5) is 26.6. The maximum atomic E-state index is 12.3. The van der Waals surface area contributed by atoms with E-state index in [2.05, 4.69) is 0 Å². The van der Waals surface area contributed by atoms with Crippen LogP contribution in [-0.4, -0.2) is 28.9 Å². The van der Waals surface area contributed by atoms with Crippen LogP contribution < -0.4 is 0 Å². The van der Waals surface area contributed by atoms with Gasteiger partial charge in [0.15, 0.2) is 11.6 Å². The first kappa shape index (κ1) is 12.9. The van der Waals surface area contributed by atoms with Crippen molar-refractivity contribution in [1.82, 2.24) is 4.90 Å². The van der Waals surface area contributed by atoms with Crippen molar-refractivity contribution in [1.29, 1.82) is 0 Å². The third-order valence-electron chi connectivity index (χ3n) is 3.39. The average molecular weight is 286 g/mol. The quantitative estimate of drug-likeness (QED) is 0.476. The van der Waals surface area contributed by atoms with Crippen LogP contribution in [0.2, 0.25) is 0 Å². The third-order valence-corrected chi connectivity index (χ3v) is 3.56. The van der Waals surface area contributed by atoms with Gasteiger partial charge in [-0.05, 0) is 17.7 Å². The molecule has 3 rings (SSSR count). The Balaban J connectivity index is 2.00. The van der Waals surface area contributed by atoms with E-state index in [4.69, 9.17) is 11.6 Å². The van der Waals surface area contributed by atoms with Gasteiger partial charge in [-0.1, -0.05) is 24.3 Å². The fraction of sp³-hybridized carbons (Fsp3) is 0.125. The van der Waals surface area contributed by atoms with Gasteiger partial charge in [0.05, 0.1) is 5.57 Å². The molecule has 4 heteroatoms. The van der Waals surface area contributed by atoms with E-state index in [1.165, 1.54) is 0 Å². The van der Waals surface area contributed by atoms with Crippen LogP contribution >= 0.6 is 11.6 Å². The predicted octanol–water partition coefficient (Wildman–Crippen LogP) is 2.94. The minimum Gasteiger partial charge on any atom is -0.353 e. The second kappa shape index (κ2) is 5.10. The monoisotopic (exact) mass is 285 g/mol. The van der Waals surface area contributed by atoms with Crippen LogP contribution in [0.1, 0.15) is 20.7 Å². The molecule has 0 N–H and O–H groups in total. The molecule has 1 aromatic carbocycles. The SMILES string of the molecule is O=C1C(=C2C=CN(CCCl)C=C2)C(=O)c2ccccc21. The maximum absolute atomic E-state index is 12.3. The topological polar surface area (TPSA) is 37.4 Å². The van der Waals surface area contributed by atoms with Gasteiger partial charge in [0.25, 0.3) is 0 Å². The summed E-state index contributed by atoms with van der Waals surface area (Å²) >= 11 is 5.68. The lowest BCUT2D eigenvalue weighted by molar-refractivity contribution is 0.0988. The Morgan fingerprint density at radius 1 is 0.950 bits per heavy atom. The van der Waals surface area contributed by atoms with E-state index >= 15 is 0 Å². The minimum atomic E-state index is -0.194. The summed E-state index contributed by atoms with van der Waals surface area (Å²) in [5, 5.41) is 0. The highest BCUT2D eigenvalue weighted by atomic mass is 35.5. The van der Waals surface area contributed by atoms with Crippen LogP contribution in [0.5, 0.6) is 0 Å². The predicted molar refractivity (Wildman–Crippen MR) is 77.8 cm³/mol. The number of alkyl halides is 1. The highest BCUT2D eigenvalue weighted by molar-refractivity contribution is 6.40. The molecular formula is C16H12ClNO2. The van der Waals surface area contributed by atoms with E-state index in [0.717, 1.165) is 0 Å². The lowest BCUT2D eigenvalue weighted by atomic mass is 10.0. The molecule has 1 aromatic rings. The zero-order valence-electron chi connectivity index (χ0n) is 10.7. The van der Waals surface area contributed by atoms with Gasteiger partial charge in [-0.25, -0.2) is 0 Å². The fourth-order valence-corrected chi connectivity index (χ4v) is 2.58. The summed E-state index contributed by atoms with van der Waals surface area (Å²) in [7, 11) is 0. The summed E-state index contributed by atoms with van der Waals surface area (Å²) in [5.74, 6) is 0.130. The summed E-state index contributed by atoms with van der Waals surface area (Å²) < 4.78 is 0. The van der Waals surface area contributed by atoms with Crippen LogP contribution in [0.15, 0.2) is 60.0 Å². The van der Waals surface area contributed by atoms with E-state index in [1.807, 2.05) is 17.3 Å². The van der Waals surface area contributed by atoms with Crippen molar-refractivity contribution < 1.29 is 9.59 Å². The Morgan fingerprint density at radius 3 is 2.00 bits per heavy atom. The zero-order chi connectivity index (χ0) is 14.1. The van der Waals surface area contributed by atoms with Gasteiger partial charge < -0.3 is 4.90 Å². The molecule has 0 unspecified atom stereocenters. The van der Waals surface area contributed by atoms with Gasteiger partial charge >= 0.3 is 0 Å². The number of Topliss-reactive ketones (excluding diaryl/α,β-unsaturated/α-hetero) is 2. The first-order valence-corrected chi connectivity index (χ1v) is 6.86. The average Bonchev–Trinajstić information content (AvgIpc) is 2.73. The fourth-order valence-electron chi connectivity index (χ4n) is 2.38. The van der Waals surface area contributed by atoms with Crippen molar-refractivity contribution in [3.8, 4) is 0 Å². The second-order valence-corrected chi connectivity index (χ2v) is 4.97. The summed E-state index contributed by atoms with van der Waals surface area (Å²) in [5.41, 5.74) is 1.89. The summed E-state index contributed by atoms with van der Waals surface area (Å²) in [6, 6.07) is 6.93. The van der Waals surface area contributed by atoms with Gasteiger partial charge in [0.2, 0.25) is 0 Å². The van der Waals surface area contributed by atoms with Crippen molar-refractivity contribution in [2.24, 2.45) is 0 Å². The first-order valence-electron chi connectivity index (χ1n) is 6.33. The van der Waals surface area contributed by atoms with E-state index in [-0.39, 0.29) is 17.1 Å². The molecule has 1 aliphatic carbocycles. The minimum absolute atomic E-state index is 0.194. The normalized spacial score (nSPS) is 17.1. The molecule has 3 nitrogen and oxygen atoms in total. The lowest BCUT2D eigenvalue weighted by Gasteiger charge is -2.17. The van der Waals surface area contributed by atoms with Crippen LogP contribution in [0.25, 0.3) is 0 Å². The molecule has 0 saturated carbocycles. The Kier molecular flexibility index (Phi) is 3.28. The number of halogens is 1. The maximum Gasteiger partial charge on any atom is 0.198 e. The molecule has 1 heterocycles. The standard InChI is InChI=1S/C16H12ClNO2/c17-7-10-18-8-5-11(6-9-18)14-15(19)12-3-1-2-4-13(12)16(14)20/h1-6,8-9H,7,10H2. The number of nitrogens with zero attached hydrogens (tertiary/aromatic N) is 1. The van der Waals surface area contributed by atoms with Gasteiger partial charge in [-0.15, -0.1) is 11.6 Å². The van der Waals surface area contributed by atoms with Gasteiger partial charge in [-0.2, -0.15) is 0 Å². The van der Waals surface area contributed by atoms with Gasteiger partial charge in [0.1, 0.15) is 0 Å². The van der Waals surface area contributed by atoms with Crippen molar-refractivity contribution in [2.75, 3.05) is 12.4 Å². The molecule has 0 spiro atoms. The number of fused-ring (bicyclic) bond motifs is 1. The van der Waals surface area contributed by atoms with Crippen molar-refractivity contribution in [3.05, 3.63) is 71.1 Å². The number of hydrogen-bond donors (Lipinski definition) is 0. The molecule has 0 bridgehead atoms. The number of allylic oxidation sites excluding steroid dienone is 4. The molecular weight excluding hydrogens is 274 g/mol. The number of benzene rings is 1. The Morgan fingerprint density at radius 2 is 1.50 bits per heavy atom. The zero-order valence-corrected chi connectivity index (χ0v) is 11.4. The second-order valence-electron chi connectivity index (χ2n) is 4.59. The number of hydrogen-bond acceptors (Lipinski definition) is 3. The molecule has 0 atom stereocenters. The third kappa shape index (κ3) is 2.00. The van der Waals surface area contributed by atoms with Crippen molar-refractivity contribution in [2.45, 2.75) is 0 Å². The molecule has 2 aliphatic rings. The highest BCUT2D eigenvalue weighted by Gasteiger charge is 2.34. The molecule has 1 aliphatic heterocycles. The Labute approximate surface area is 121 Å². The van der Waals surface area contributed by atoms with E-state index in [9.17, 15) is 9.59 Å². The van der Waals surface area contributed by atoms with Gasteiger partial charge in [0, 0.05) is 36.0 Å². The van der Waals surface area contributed by atoms with E-state index in [1.54, 1.807) is 36.4 Å². The van der Waals surface area contributed by atoms with E-state index < -0.39 is 0 Å². The lowest BCUT2D eigenvalue weighted by Crippen LogP contribution is -2.15. The largest absolute Gasteiger partial charge is 0.353 e. The molecule has 0 amide bonds. The van der Waals surface area contributed by atoms with Crippen LogP contribution in [0.3, 0.4) is 0 Å². The summed E-state index contributed by atoms with van der Waals surface area (Å²) in [6.07, 6.45) is 7.22. The molecule has 20 heavy (non-hydrogen) atoms. The molecule has 0 aromatic heterocycles. The molecule has 0 fully saturated rings. The Hall–Kier alpha value is -2.13. The van der Waals surface area contributed by atoms with Crippen LogP contribution in [-0.2, 0) is 0 Å². The van der Waals surface area contributed by atoms with Gasteiger partial charge in [-0.3, -0.25) is 9.59 Å². The smallest absolute Gasteiger partial charge is 0.198 e. The highest BCUT2D eigenvalue weighted by Crippen LogP contribution is 2.30. The van der Waals surface area contributed by atoms with Crippen molar-refractivity contribution in [3.63, 3.8) is 0 Å².